The topological polar surface area (TPSA) is 3.24 Å². The van der Waals surface area contributed by atoms with Crippen LogP contribution in [0.1, 0.15) is 45.4 Å². The van der Waals surface area contributed by atoms with Gasteiger partial charge in [-0.2, -0.15) is 0 Å². The number of hydrogen-bond donors (Lipinski definition) is 0. The Kier molecular flexibility index (Phi) is 2.69. The molecule has 2 atom stereocenters. The molecule has 2 aliphatic rings. The first-order valence-corrected chi connectivity index (χ1v) is 5.62. The first-order valence-electron chi connectivity index (χ1n) is 5.62. The van der Waals surface area contributed by atoms with Crippen LogP contribution in [-0.2, 0) is 0 Å². The summed E-state index contributed by atoms with van der Waals surface area (Å²) < 4.78 is 0. The molecule has 0 bridgehead atoms. The van der Waals surface area contributed by atoms with Crippen molar-refractivity contribution >= 4 is 0 Å². The van der Waals surface area contributed by atoms with Gasteiger partial charge in [0.1, 0.15) is 0 Å². The van der Waals surface area contributed by atoms with Crippen molar-refractivity contribution in [3.63, 3.8) is 0 Å². The summed E-state index contributed by atoms with van der Waals surface area (Å²) in [6, 6.07) is 0.946. The average molecular weight is 167 g/mol. The van der Waals surface area contributed by atoms with Crippen LogP contribution in [0.2, 0.25) is 0 Å². The van der Waals surface area contributed by atoms with Crippen LogP contribution in [0, 0.1) is 5.92 Å². The van der Waals surface area contributed by atoms with Gasteiger partial charge >= 0.3 is 0 Å². The van der Waals surface area contributed by atoms with Crippen molar-refractivity contribution in [1.29, 1.82) is 0 Å². The molecule has 1 aliphatic heterocycles. The van der Waals surface area contributed by atoms with Gasteiger partial charge < -0.3 is 4.90 Å². The molecule has 1 saturated carbocycles. The van der Waals surface area contributed by atoms with E-state index < -0.39 is 0 Å². The van der Waals surface area contributed by atoms with E-state index in [1.54, 1.807) is 0 Å². The minimum Gasteiger partial charge on any atom is -0.300 e. The molecular formula is C11H21N. The van der Waals surface area contributed by atoms with Crippen molar-refractivity contribution in [3.05, 3.63) is 0 Å². The first-order chi connectivity index (χ1) is 5.88. The van der Waals surface area contributed by atoms with E-state index in [2.05, 4.69) is 11.8 Å². The third kappa shape index (κ3) is 1.66. The maximum atomic E-state index is 2.74. The summed E-state index contributed by atoms with van der Waals surface area (Å²) >= 11 is 0. The second-order valence-electron chi connectivity index (χ2n) is 4.57. The van der Waals surface area contributed by atoms with E-state index in [1.165, 1.54) is 51.6 Å². The fourth-order valence-corrected chi connectivity index (χ4v) is 2.91. The quantitative estimate of drug-likeness (QED) is 0.580. The molecule has 1 aliphatic carbocycles. The van der Waals surface area contributed by atoms with E-state index in [0.717, 1.165) is 12.0 Å². The van der Waals surface area contributed by atoms with E-state index in [9.17, 15) is 0 Å². The van der Waals surface area contributed by atoms with E-state index in [0.29, 0.717) is 0 Å². The molecule has 1 heterocycles. The van der Waals surface area contributed by atoms with E-state index in [-0.39, 0.29) is 0 Å². The molecule has 0 spiro atoms. The molecule has 1 saturated heterocycles. The Morgan fingerprint density at radius 2 is 1.58 bits per heavy atom. The predicted octanol–water partition coefficient (Wildman–Crippen LogP) is 2.66. The molecule has 0 aromatic carbocycles. The molecule has 0 radical (unpaired) electrons. The molecule has 0 unspecified atom stereocenters. The molecule has 1 heteroatoms. The normalized spacial score (nSPS) is 38.8. The zero-order chi connectivity index (χ0) is 8.39. The SMILES string of the molecule is C[C@@H]1CCCC[C@@H]1N1CCCC1. The standard InChI is InChI=1S/C11H21N/c1-10-6-2-3-7-11(10)12-8-4-5-9-12/h10-11H,2-9H2,1H3/t10-,11+/m1/s1. The van der Waals surface area contributed by atoms with Gasteiger partial charge in [0.15, 0.2) is 0 Å². The van der Waals surface area contributed by atoms with Crippen LogP contribution in [0.25, 0.3) is 0 Å². The van der Waals surface area contributed by atoms with Gasteiger partial charge in [0.2, 0.25) is 0 Å². The highest BCUT2D eigenvalue weighted by atomic mass is 15.2. The Balaban J connectivity index is 1.91. The Morgan fingerprint density at radius 1 is 0.917 bits per heavy atom. The molecule has 70 valence electrons. The Hall–Kier alpha value is -0.0400. The minimum atomic E-state index is 0.946. The summed E-state index contributed by atoms with van der Waals surface area (Å²) in [6.07, 6.45) is 8.80. The largest absolute Gasteiger partial charge is 0.300 e. The van der Waals surface area contributed by atoms with Crippen LogP contribution in [-0.4, -0.2) is 24.0 Å². The zero-order valence-corrected chi connectivity index (χ0v) is 8.26. The monoisotopic (exact) mass is 167 g/mol. The summed E-state index contributed by atoms with van der Waals surface area (Å²) in [5.74, 6) is 0.969. The Labute approximate surface area is 76.1 Å². The number of likely N-dealkylation sites (tertiary alicyclic amines) is 1. The summed E-state index contributed by atoms with van der Waals surface area (Å²) in [5, 5.41) is 0. The number of rotatable bonds is 1. The van der Waals surface area contributed by atoms with Crippen molar-refractivity contribution < 1.29 is 0 Å². The highest BCUT2D eigenvalue weighted by molar-refractivity contribution is 4.83. The minimum absolute atomic E-state index is 0.946. The van der Waals surface area contributed by atoms with E-state index in [4.69, 9.17) is 0 Å². The fraction of sp³-hybridized carbons (Fsp3) is 1.00. The molecule has 2 rings (SSSR count). The van der Waals surface area contributed by atoms with Gasteiger partial charge in [0.05, 0.1) is 0 Å². The van der Waals surface area contributed by atoms with Gasteiger partial charge in [-0.25, -0.2) is 0 Å². The van der Waals surface area contributed by atoms with E-state index >= 15 is 0 Å². The number of nitrogens with zero attached hydrogens (tertiary/aromatic N) is 1. The van der Waals surface area contributed by atoms with Gasteiger partial charge in [0.25, 0.3) is 0 Å². The molecule has 0 N–H and O–H groups in total. The molecule has 1 nitrogen and oxygen atoms in total. The highest BCUT2D eigenvalue weighted by Crippen LogP contribution is 2.29. The van der Waals surface area contributed by atoms with Crippen LogP contribution >= 0.6 is 0 Å². The summed E-state index contributed by atoms with van der Waals surface area (Å²) in [6.45, 7) is 5.21. The smallest absolute Gasteiger partial charge is 0.0121 e. The van der Waals surface area contributed by atoms with Gasteiger partial charge in [0, 0.05) is 6.04 Å². The molecule has 2 fully saturated rings. The summed E-state index contributed by atoms with van der Waals surface area (Å²) in [4.78, 5) is 2.74. The van der Waals surface area contributed by atoms with Crippen molar-refractivity contribution in [3.8, 4) is 0 Å². The van der Waals surface area contributed by atoms with Crippen molar-refractivity contribution in [2.24, 2.45) is 5.92 Å². The first kappa shape index (κ1) is 8.55. The van der Waals surface area contributed by atoms with Crippen LogP contribution in [0.3, 0.4) is 0 Å². The molecule has 0 amide bonds. The lowest BCUT2D eigenvalue weighted by Crippen LogP contribution is -2.39. The summed E-state index contributed by atoms with van der Waals surface area (Å²) in [7, 11) is 0. The predicted molar refractivity (Wildman–Crippen MR) is 52.2 cm³/mol. The Morgan fingerprint density at radius 3 is 2.25 bits per heavy atom. The van der Waals surface area contributed by atoms with Gasteiger partial charge in [-0.3, -0.25) is 0 Å². The van der Waals surface area contributed by atoms with Crippen LogP contribution in [0.4, 0.5) is 0 Å². The highest BCUT2D eigenvalue weighted by Gasteiger charge is 2.28. The van der Waals surface area contributed by atoms with Crippen molar-refractivity contribution in [2.75, 3.05) is 13.1 Å². The van der Waals surface area contributed by atoms with Crippen LogP contribution < -0.4 is 0 Å². The Bertz CT molecular complexity index is 138. The lowest BCUT2D eigenvalue weighted by molar-refractivity contribution is 0.138. The molecular weight excluding hydrogens is 146 g/mol. The average Bonchev–Trinajstić information content (AvgIpc) is 2.57. The molecule has 0 aromatic rings. The lowest BCUT2D eigenvalue weighted by Gasteiger charge is -2.36. The third-order valence-corrected chi connectivity index (χ3v) is 3.68. The van der Waals surface area contributed by atoms with Crippen molar-refractivity contribution in [1.82, 2.24) is 4.90 Å². The second kappa shape index (κ2) is 3.78. The maximum absolute atomic E-state index is 2.74. The van der Waals surface area contributed by atoms with Crippen LogP contribution in [0.15, 0.2) is 0 Å². The lowest BCUT2D eigenvalue weighted by atomic mass is 9.85. The third-order valence-electron chi connectivity index (χ3n) is 3.68. The maximum Gasteiger partial charge on any atom is 0.0121 e. The van der Waals surface area contributed by atoms with Crippen molar-refractivity contribution in [2.45, 2.75) is 51.5 Å². The molecule has 0 aromatic heterocycles. The van der Waals surface area contributed by atoms with Gasteiger partial charge in [-0.1, -0.05) is 19.8 Å². The summed E-state index contributed by atoms with van der Waals surface area (Å²) in [5.41, 5.74) is 0. The fourth-order valence-electron chi connectivity index (χ4n) is 2.91. The van der Waals surface area contributed by atoms with E-state index in [1.807, 2.05) is 0 Å². The number of hydrogen-bond acceptors (Lipinski definition) is 1. The zero-order valence-electron chi connectivity index (χ0n) is 8.26. The van der Waals surface area contributed by atoms with Gasteiger partial charge in [-0.05, 0) is 44.7 Å². The second-order valence-corrected chi connectivity index (χ2v) is 4.57. The molecule has 12 heavy (non-hydrogen) atoms. The van der Waals surface area contributed by atoms with Gasteiger partial charge in [-0.15, -0.1) is 0 Å². The van der Waals surface area contributed by atoms with Crippen LogP contribution in [0.5, 0.6) is 0 Å².